The van der Waals surface area contributed by atoms with Gasteiger partial charge in [-0.05, 0) is 26.2 Å². The third-order valence-electron chi connectivity index (χ3n) is 2.97. The average molecular weight is 207 g/mol. The molecule has 2 heterocycles. The van der Waals surface area contributed by atoms with Crippen molar-refractivity contribution in [3.05, 3.63) is 21.6 Å². The van der Waals surface area contributed by atoms with Crippen LogP contribution in [-0.2, 0) is 6.42 Å². The van der Waals surface area contributed by atoms with Crippen LogP contribution in [0.25, 0.3) is 0 Å². The van der Waals surface area contributed by atoms with Gasteiger partial charge in [0.2, 0.25) is 5.95 Å². The highest BCUT2D eigenvalue weighted by Gasteiger charge is 2.16. The van der Waals surface area contributed by atoms with Crippen LogP contribution in [0.3, 0.4) is 0 Å². The topological polar surface area (TPSA) is 49.0 Å². The molecule has 82 valence electrons. The summed E-state index contributed by atoms with van der Waals surface area (Å²) in [5, 5.41) is 0. The number of aromatic nitrogens is 2. The minimum Gasteiger partial charge on any atom is -0.342 e. The van der Waals surface area contributed by atoms with E-state index in [0.29, 0.717) is 0 Å². The van der Waals surface area contributed by atoms with Gasteiger partial charge in [-0.25, -0.2) is 4.98 Å². The molecule has 0 radical (unpaired) electrons. The first-order valence-corrected chi connectivity index (χ1v) is 5.57. The average Bonchev–Trinajstić information content (AvgIpc) is 2.69. The molecule has 1 aliphatic heterocycles. The second kappa shape index (κ2) is 4.04. The summed E-state index contributed by atoms with van der Waals surface area (Å²) in [4.78, 5) is 21.2. The quantitative estimate of drug-likeness (QED) is 0.793. The van der Waals surface area contributed by atoms with Crippen LogP contribution in [0.4, 0.5) is 5.95 Å². The molecule has 1 aromatic rings. The van der Waals surface area contributed by atoms with E-state index in [2.05, 4.69) is 14.9 Å². The number of hydrogen-bond acceptors (Lipinski definition) is 3. The van der Waals surface area contributed by atoms with Gasteiger partial charge in [-0.2, -0.15) is 0 Å². The molecule has 0 saturated carbocycles. The zero-order valence-electron chi connectivity index (χ0n) is 9.34. The van der Waals surface area contributed by atoms with E-state index in [9.17, 15) is 4.79 Å². The van der Waals surface area contributed by atoms with Gasteiger partial charge >= 0.3 is 0 Å². The zero-order valence-corrected chi connectivity index (χ0v) is 9.34. The third kappa shape index (κ3) is 1.89. The van der Waals surface area contributed by atoms with Crippen molar-refractivity contribution in [3.8, 4) is 0 Å². The fourth-order valence-electron chi connectivity index (χ4n) is 2.09. The minimum absolute atomic E-state index is 0.0203. The lowest BCUT2D eigenvalue weighted by molar-refractivity contribution is 0.860. The molecule has 15 heavy (non-hydrogen) atoms. The molecular weight excluding hydrogens is 190 g/mol. The normalized spacial score (nSPS) is 16.0. The Labute approximate surface area is 89.3 Å². The van der Waals surface area contributed by atoms with Crippen molar-refractivity contribution in [2.75, 3.05) is 18.0 Å². The standard InChI is InChI=1S/C11H17N3O/c1-3-9-8(2)12-11(13-10(9)15)14-6-4-5-7-14/h3-7H2,1-2H3,(H,12,13,15). The number of hydrogen-bond donors (Lipinski definition) is 1. The maximum absolute atomic E-state index is 11.7. The Bertz CT molecular complexity index is 405. The van der Waals surface area contributed by atoms with Gasteiger partial charge in [0.15, 0.2) is 0 Å². The van der Waals surface area contributed by atoms with Crippen molar-refractivity contribution in [2.45, 2.75) is 33.1 Å². The van der Waals surface area contributed by atoms with E-state index in [0.717, 1.165) is 36.7 Å². The van der Waals surface area contributed by atoms with Crippen molar-refractivity contribution >= 4 is 5.95 Å². The monoisotopic (exact) mass is 207 g/mol. The number of anilines is 1. The van der Waals surface area contributed by atoms with Crippen molar-refractivity contribution in [2.24, 2.45) is 0 Å². The Hall–Kier alpha value is -1.32. The van der Waals surface area contributed by atoms with Crippen LogP contribution in [0.2, 0.25) is 0 Å². The van der Waals surface area contributed by atoms with Crippen LogP contribution in [0.15, 0.2) is 4.79 Å². The molecule has 0 spiro atoms. The van der Waals surface area contributed by atoms with Crippen molar-refractivity contribution < 1.29 is 0 Å². The van der Waals surface area contributed by atoms with Gasteiger partial charge in [-0.15, -0.1) is 0 Å². The molecule has 0 aromatic carbocycles. The van der Waals surface area contributed by atoms with Gasteiger partial charge in [-0.1, -0.05) is 6.92 Å². The second-order valence-electron chi connectivity index (χ2n) is 4.00. The van der Waals surface area contributed by atoms with E-state index in [1.54, 1.807) is 0 Å². The van der Waals surface area contributed by atoms with Gasteiger partial charge in [0.25, 0.3) is 5.56 Å². The van der Waals surface area contributed by atoms with Crippen LogP contribution in [-0.4, -0.2) is 23.1 Å². The lowest BCUT2D eigenvalue weighted by atomic mass is 10.2. The van der Waals surface area contributed by atoms with E-state index >= 15 is 0 Å². The molecule has 0 bridgehead atoms. The van der Waals surface area contributed by atoms with E-state index in [1.807, 2.05) is 13.8 Å². The summed E-state index contributed by atoms with van der Waals surface area (Å²) in [6, 6.07) is 0. The first-order valence-electron chi connectivity index (χ1n) is 5.57. The molecule has 4 heteroatoms. The zero-order chi connectivity index (χ0) is 10.8. The highest BCUT2D eigenvalue weighted by Crippen LogP contribution is 2.15. The Morgan fingerprint density at radius 3 is 2.60 bits per heavy atom. The van der Waals surface area contributed by atoms with E-state index < -0.39 is 0 Å². The Balaban J connectivity index is 2.38. The molecule has 1 fully saturated rings. The molecule has 0 unspecified atom stereocenters. The summed E-state index contributed by atoms with van der Waals surface area (Å²) in [6.07, 6.45) is 3.13. The molecule has 1 aromatic heterocycles. The lowest BCUT2D eigenvalue weighted by Crippen LogP contribution is -2.26. The molecule has 2 rings (SSSR count). The van der Waals surface area contributed by atoms with Gasteiger partial charge < -0.3 is 4.90 Å². The van der Waals surface area contributed by atoms with Crippen molar-refractivity contribution in [1.29, 1.82) is 0 Å². The Morgan fingerprint density at radius 2 is 2.07 bits per heavy atom. The lowest BCUT2D eigenvalue weighted by Gasteiger charge is -2.16. The maximum atomic E-state index is 11.7. The summed E-state index contributed by atoms with van der Waals surface area (Å²) < 4.78 is 0. The second-order valence-corrected chi connectivity index (χ2v) is 4.00. The van der Waals surface area contributed by atoms with Gasteiger partial charge in [0.1, 0.15) is 0 Å². The Morgan fingerprint density at radius 1 is 1.40 bits per heavy atom. The van der Waals surface area contributed by atoms with Crippen LogP contribution in [0, 0.1) is 6.92 Å². The first kappa shape index (κ1) is 10.2. The van der Waals surface area contributed by atoms with Crippen LogP contribution < -0.4 is 10.5 Å². The fourth-order valence-corrected chi connectivity index (χ4v) is 2.09. The predicted octanol–water partition coefficient (Wildman–Crippen LogP) is 1.24. The number of rotatable bonds is 2. The first-order chi connectivity index (χ1) is 7.22. The molecular formula is C11H17N3O. The number of H-pyrrole nitrogens is 1. The molecule has 0 amide bonds. The number of aryl methyl sites for hydroxylation is 1. The maximum Gasteiger partial charge on any atom is 0.255 e. The summed E-state index contributed by atoms with van der Waals surface area (Å²) in [5.41, 5.74) is 1.69. The van der Waals surface area contributed by atoms with Crippen LogP contribution in [0.1, 0.15) is 31.0 Å². The van der Waals surface area contributed by atoms with Gasteiger partial charge in [0, 0.05) is 24.3 Å². The highest BCUT2D eigenvalue weighted by atomic mass is 16.1. The third-order valence-corrected chi connectivity index (χ3v) is 2.97. The van der Waals surface area contributed by atoms with E-state index in [-0.39, 0.29) is 5.56 Å². The summed E-state index contributed by atoms with van der Waals surface area (Å²) in [6.45, 7) is 5.91. The molecule has 1 saturated heterocycles. The summed E-state index contributed by atoms with van der Waals surface area (Å²) in [5.74, 6) is 0.743. The Kier molecular flexibility index (Phi) is 2.75. The molecule has 4 nitrogen and oxygen atoms in total. The predicted molar refractivity (Wildman–Crippen MR) is 60.4 cm³/mol. The number of nitrogens with zero attached hydrogens (tertiary/aromatic N) is 2. The van der Waals surface area contributed by atoms with Gasteiger partial charge in [-0.3, -0.25) is 9.78 Å². The molecule has 0 aliphatic carbocycles. The van der Waals surface area contributed by atoms with Crippen molar-refractivity contribution in [3.63, 3.8) is 0 Å². The summed E-state index contributed by atoms with van der Waals surface area (Å²) in [7, 11) is 0. The van der Waals surface area contributed by atoms with Gasteiger partial charge in [0.05, 0.1) is 0 Å². The number of aromatic amines is 1. The van der Waals surface area contributed by atoms with Crippen molar-refractivity contribution in [1.82, 2.24) is 9.97 Å². The molecule has 1 aliphatic rings. The van der Waals surface area contributed by atoms with E-state index in [1.165, 1.54) is 12.8 Å². The van der Waals surface area contributed by atoms with Crippen LogP contribution >= 0.6 is 0 Å². The van der Waals surface area contributed by atoms with E-state index in [4.69, 9.17) is 0 Å². The minimum atomic E-state index is 0.0203. The fraction of sp³-hybridized carbons (Fsp3) is 0.636. The largest absolute Gasteiger partial charge is 0.342 e. The molecule has 1 N–H and O–H groups in total. The highest BCUT2D eigenvalue weighted by molar-refractivity contribution is 5.33. The van der Waals surface area contributed by atoms with Crippen LogP contribution in [0.5, 0.6) is 0 Å². The molecule has 0 atom stereocenters. The smallest absolute Gasteiger partial charge is 0.255 e. The SMILES string of the molecule is CCc1c(C)nc(N2CCCC2)[nH]c1=O. The number of nitrogens with one attached hydrogen (secondary N) is 1. The summed E-state index contributed by atoms with van der Waals surface area (Å²) >= 11 is 0.